The Morgan fingerprint density at radius 2 is 1.63 bits per heavy atom. The summed E-state index contributed by atoms with van der Waals surface area (Å²) in [6, 6.07) is 8.20. The number of nitrogens with zero attached hydrogens (tertiary/aromatic N) is 1. The Morgan fingerprint density at radius 1 is 1.03 bits per heavy atom. The van der Waals surface area contributed by atoms with Crippen LogP contribution in [0.5, 0.6) is 11.5 Å². The van der Waals surface area contributed by atoms with Gasteiger partial charge in [0.15, 0.2) is 5.11 Å². The number of anilines is 2. The summed E-state index contributed by atoms with van der Waals surface area (Å²) in [5.74, 6) is 0.970. The third kappa shape index (κ3) is 5.34. The van der Waals surface area contributed by atoms with Gasteiger partial charge in [0.25, 0.3) is 0 Å². The number of aryl methyl sites for hydroxylation is 1. The molecule has 0 aromatic heterocycles. The van der Waals surface area contributed by atoms with E-state index in [-0.39, 0.29) is 10.0 Å². The van der Waals surface area contributed by atoms with Crippen molar-refractivity contribution >= 4 is 50.3 Å². The second-order valence-electron chi connectivity index (χ2n) is 6.33. The molecule has 30 heavy (non-hydrogen) atoms. The maximum Gasteiger partial charge on any atom is 0.243 e. The van der Waals surface area contributed by atoms with Gasteiger partial charge < -0.3 is 20.1 Å². The lowest BCUT2D eigenvalue weighted by Gasteiger charge is -2.20. The van der Waals surface area contributed by atoms with Crippen LogP contribution in [0.3, 0.4) is 0 Å². The third-order valence-corrected chi connectivity index (χ3v) is 7.07. The number of methoxy groups -OCH3 is 2. The number of nitrogens with one attached hydrogen (secondary N) is 2. The molecule has 2 rings (SSSR count). The molecule has 10 heteroatoms. The van der Waals surface area contributed by atoms with Crippen molar-refractivity contribution < 1.29 is 17.9 Å². The summed E-state index contributed by atoms with van der Waals surface area (Å²) in [5, 5.41) is 6.74. The van der Waals surface area contributed by atoms with E-state index in [1.165, 1.54) is 18.5 Å². The zero-order valence-corrected chi connectivity index (χ0v) is 20.0. The zero-order chi connectivity index (χ0) is 22.5. The van der Waals surface area contributed by atoms with Gasteiger partial charge in [0.1, 0.15) is 11.5 Å². The fourth-order valence-corrected chi connectivity index (χ4v) is 4.79. The van der Waals surface area contributed by atoms with Crippen molar-refractivity contribution in [1.29, 1.82) is 0 Å². The Bertz CT molecular complexity index is 1020. The highest BCUT2D eigenvalue weighted by atomic mass is 35.5. The molecule has 0 amide bonds. The average Bonchev–Trinajstić information content (AvgIpc) is 2.70. The van der Waals surface area contributed by atoms with Gasteiger partial charge in [0.05, 0.1) is 29.8 Å². The van der Waals surface area contributed by atoms with E-state index in [0.717, 1.165) is 5.56 Å². The van der Waals surface area contributed by atoms with Crippen molar-refractivity contribution in [3.63, 3.8) is 0 Å². The summed E-state index contributed by atoms with van der Waals surface area (Å²) in [7, 11) is -0.541. The molecule has 164 valence electrons. The van der Waals surface area contributed by atoms with Gasteiger partial charge in [0.2, 0.25) is 10.0 Å². The molecule has 7 nitrogen and oxygen atoms in total. The normalized spacial score (nSPS) is 11.3. The van der Waals surface area contributed by atoms with E-state index < -0.39 is 10.0 Å². The number of hydrogen-bond donors (Lipinski definition) is 2. The summed E-state index contributed by atoms with van der Waals surface area (Å²) in [5.41, 5.74) is 1.97. The van der Waals surface area contributed by atoms with Crippen LogP contribution in [0.25, 0.3) is 0 Å². The van der Waals surface area contributed by atoms with Crippen LogP contribution >= 0.6 is 23.8 Å². The fraction of sp³-hybridized carbons (Fsp3) is 0.350. The Morgan fingerprint density at radius 3 is 2.20 bits per heavy atom. The minimum Gasteiger partial charge on any atom is -0.495 e. The van der Waals surface area contributed by atoms with Gasteiger partial charge in [-0.1, -0.05) is 31.5 Å². The molecule has 0 heterocycles. The van der Waals surface area contributed by atoms with E-state index in [4.69, 9.17) is 33.3 Å². The van der Waals surface area contributed by atoms with Crippen molar-refractivity contribution in [3.8, 4) is 11.5 Å². The molecule has 0 saturated heterocycles. The minimum absolute atomic E-state index is 0.201. The van der Waals surface area contributed by atoms with Crippen LogP contribution in [-0.2, 0) is 10.0 Å². The van der Waals surface area contributed by atoms with E-state index in [0.29, 0.717) is 41.0 Å². The lowest BCUT2D eigenvalue weighted by molar-refractivity contribution is 0.396. The molecule has 2 aromatic rings. The summed E-state index contributed by atoms with van der Waals surface area (Å²) < 4.78 is 37.6. The molecule has 0 spiro atoms. The third-order valence-electron chi connectivity index (χ3n) is 4.52. The first-order chi connectivity index (χ1) is 14.2. The molecule has 0 saturated carbocycles. The first-order valence-corrected chi connectivity index (χ1v) is 11.5. The van der Waals surface area contributed by atoms with Crippen LogP contribution in [0.4, 0.5) is 11.4 Å². The monoisotopic (exact) mass is 471 g/mol. The molecule has 0 aliphatic carbocycles. The smallest absolute Gasteiger partial charge is 0.243 e. The quantitative estimate of drug-likeness (QED) is 0.548. The highest BCUT2D eigenvalue weighted by Gasteiger charge is 2.22. The van der Waals surface area contributed by atoms with E-state index >= 15 is 0 Å². The number of hydrogen-bond acceptors (Lipinski definition) is 5. The summed E-state index contributed by atoms with van der Waals surface area (Å²) in [4.78, 5) is 0.201. The standard InChI is InChI=1S/C20H26ClN3O4S2/c1-6-24(7-2)30(25,26)14-9-8-13(3)16(10-14)22-20(29)23-17-11-15(21)18(27-4)12-19(17)28-5/h8-12H,6-7H2,1-5H3,(H2,22,23,29). The van der Waals surface area contributed by atoms with Crippen LogP contribution < -0.4 is 20.1 Å². The molecule has 0 aliphatic heterocycles. The maximum absolute atomic E-state index is 12.8. The SMILES string of the molecule is CCN(CC)S(=O)(=O)c1ccc(C)c(NC(=S)Nc2cc(Cl)c(OC)cc2OC)c1. The number of ether oxygens (including phenoxy) is 2. The number of benzene rings is 2. The number of sulfonamides is 1. The van der Waals surface area contributed by atoms with Crippen LogP contribution in [0.15, 0.2) is 35.2 Å². The van der Waals surface area contributed by atoms with Crippen molar-refractivity contribution in [1.82, 2.24) is 4.31 Å². The van der Waals surface area contributed by atoms with E-state index in [1.54, 1.807) is 44.2 Å². The van der Waals surface area contributed by atoms with E-state index in [2.05, 4.69) is 10.6 Å². The molecule has 2 aromatic carbocycles. The van der Waals surface area contributed by atoms with Gasteiger partial charge >= 0.3 is 0 Å². The topological polar surface area (TPSA) is 79.9 Å². The molecular formula is C20H26ClN3O4S2. The molecule has 0 fully saturated rings. The van der Waals surface area contributed by atoms with Gasteiger partial charge in [-0.3, -0.25) is 0 Å². The Balaban J connectivity index is 2.29. The molecule has 0 radical (unpaired) electrons. The van der Waals surface area contributed by atoms with Crippen molar-refractivity contribution in [3.05, 3.63) is 40.9 Å². The number of thiocarbonyl (C=S) groups is 1. The van der Waals surface area contributed by atoms with Crippen LogP contribution in [0.1, 0.15) is 19.4 Å². The second kappa shape index (κ2) is 10.3. The molecule has 0 unspecified atom stereocenters. The Labute approximate surface area is 188 Å². The molecule has 0 aliphatic rings. The molecule has 0 atom stereocenters. The summed E-state index contributed by atoms with van der Waals surface area (Å²) in [6.45, 7) is 6.27. The zero-order valence-electron chi connectivity index (χ0n) is 17.6. The van der Waals surface area contributed by atoms with Crippen LogP contribution in [-0.4, -0.2) is 45.1 Å². The highest BCUT2D eigenvalue weighted by molar-refractivity contribution is 7.89. The number of halogens is 1. The molecule has 0 bridgehead atoms. The predicted octanol–water partition coefficient (Wildman–Crippen LogP) is 4.51. The summed E-state index contributed by atoms with van der Waals surface area (Å²) in [6.07, 6.45) is 0. The van der Waals surface area contributed by atoms with Crippen molar-refractivity contribution in [2.45, 2.75) is 25.7 Å². The number of rotatable bonds is 8. The van der Waals surface area contributed by atoms with Gasteiger partial charge in [-0.15, -0.1) is 0 Å². The lowest BCUT2D eigenvalue weighted by atomic mass is 10.2. The van der Waals surface area contributed by atoms with Gasteiger partial charge in [-0.2, -0.15) is 4.31 Å². The average molecular weight is 472 g/mol. The van der Waals surface area contributed by atoms with E-state index in [1.807, 2.05) is 6.92 Å². The Hall–Kier alpha value is -2.07. The Kier molecular flexibility index (Phi) is 8.31. The maximum atomic E-state index is 12.8. The van der Waals surface area contributed by atoms with Crippen LogP contribution in [0.2, 0.25) is 5.02 Å². The minimum atomic E-state index is -3.58. The largest absolute Gasteiger partial charge is 0.495 e. The van der Waals surface area contributed by atoms with Crippen molar-refractivity contribution in [2.24, 2.45) is 0 Å². The molecule has 2 N–H and O–H groups in total. The van der Waals surface area contributed by atoms with E-state index in [9.17, 15) is 8.42 Å². The molecular weight excluding hydrogens is 446 g/mol. The predicted molar refractivity (Wildman–Crippen MR) is 126 cm³/mol. The summed E-state index contributed by atoms with van der Waals surface area (Å²) >= 11 is 11.6. The first-order valence-electron chi connectivity index (χ1n) is 9.28. The van der Waals surface area contributed by atoms with Crippen molar-refractivity contribution in [2.75, 3.05) is 37.9 Å². The van der Waals surface area contributed by atoms with Crippen LogP contribution in [0, 0.1) is 6.92 Å². The second-order valence-corrected chi connectivity index (χ2v) is 9.09. The van der Waals surface area contributed by atoms with Gasteiger partial charge in [-0.25, -0.2) is 8.42 Å². The van der Waals surface area contributed by atoms with Gasteiger partial charge in [0, 0.05) is 24.8 Å². The van der Waals surface area contributed by atoms with Gasteiger partial charge in [-0.05, 0) is 42.9 Å². The highest BCUT2D eigenvalue weighted by Crippen LogP contribution is 2.36. The fourth-order valence-electron chi connectivity index (χ4n) is 2.84. The lowest BCUT2D eigenvalue weighted by Crippen LogP contribution is -2.30. The first kappa shape index (κ1) is 24.2.